The second-order valence-corrected chi connectivity index (χ2v) is 8.16. The lowest BCUT2D eigenvalue weighted by Crippen LogP contribution is -2.31. The zero-order valence-corrected chi connectivity index (χ0v) is 18.3. The Morgan fingerprint density at radius 1 is 1.25 bits per heavy atom. The third-order valence-electron chi connectivity index (χ3n) is 4.83. The SMILES string of the molecule is COc1cccc(NC(=O)CN(C)Cc2nc3scc(-c4ccc(F)cc4)c3c(=O)[nH]2)c1. The molecule has 0 aliphatic carbocycles. The normalized spacial score (nSPS) is 11.1. The second-order valence-electron chi connectivity index (χ2n) is 7.30. The fourth-order valence-electron chi connectivity index (χ4n) is 3.37. The summed E-state index contributed by atoms with van der Waals surface area (Å²) in [4.78, 5) is 34.8. The van der Waals surface area contributed by atoms with Crippen molar-refractivity contribution < 1.29 is 13.9 Å². The molecule has 0 bridgehead atoms. The summed E-state index contributed by atoms with van der Waals surface area (Å²) in [6, 6.07) is 13.1. The van der Waals surface area contributed by atoms with Crippen LogP contribution in [0, 0.1) is 5.82 Å². The highest BCUT2D eigenvalue weighted by atomic mass is 32.1. The predicted molar refractivity (Wildman–Crippen MR) is 124 cm³/mol. The molecule has 0 unspecified atom stereocenters. The molecule has 2 N–H and O–H groups in total. The number of aromatic amines is 1. The molecule has 2 aromatic carbocycles. The van der Waals surface area contributed by atoms with Gasteiger partial charge in [0, 0.05) is 22.7 Å². The number of amides is 1. The first-order chi connectivity index (χ1) is 15.4. The summed E-state index contributed by atoms with van der Waals surface area (Å²) in [6.07, 6.45) is 0. The number of anilines is 1. The van der Waals surface area contributed by atoms with Crippen LogP contribution in [0.5, 0.6) is 5.75 Å². The van der Waals surface area contributed by atoms with E-state index < -0.39 is 0 Å². The lowest BCUT2D eigenvalue weighted by Gasteiger charge is -2.16. The Morgan fingerprint density at radius 2 is 2.03 bits per heavy atom. The number of nitrogens with zero attached hydrogens (tertiary/aromatic N) is 2. The zero-order valence-electron chi connectivity index (χ0n) is 17.5. The monoisotopic (exact) mass is 452 g/mol. The molecule has 4 rings (SSSR count). The second kappa shape index (κ2) is 9.29. The van der Waals surface area contributed by atoms with Crippen LogP contribution < -0.4 is 15.6 Å². The van der Waals surface area contributed by atoms with Crippen molar-refractivity contribution in [3.8, 4) is 16.9 Å². The molecule has 2 aromatic heterocycles. The molecule has 2 heterocycles. The van der Waals surface area contributed by atoms with E-state index in [1.54, 1.807) is 55.5 Å². The van der Waals surface area contributed by atoms with Gasteiger partial charge in [0.1, 0.15) is 22.2 Å². The van der Waals surface area contributed by atoms with Crippen LogP contribution >= 0.6 is 11.3 Å². The number of halogens is 1. The van der Waals surface area contributed by atoms with E-state index in [4.69, 9.17) is 4.74 Å². The standard InChI is InChI=1S/C23H21FN4O3S/c1-28(12-20(29)25-16-4-3-5-17(10-16)31-2)11-19-26-22(30)21-18(13-32-23(21)27-19)14-6-8-15(24)9-7-14/h3-10,13H,11-12H2,1-2H3,(H,25,29)(H,26,27,30). The fraction of sp³-hybridized carbons (Fsp3) is 0.174. The van der Waals surface area contributed by atoms with Crippen LogP contribution in [0.15, 0.2) is 58.7 Å². The summed E-state index contributed by atoms with van der Waals surface area (Å²) in [5.41, 5.74) is 1.85. The number of benzene rings is 2. The first kappa shape index (κ1) is 21.7. The summed E-state index contributed by atoms with van der Waals surface area (Å²) in [5.74, 6) is 0.592. The third kappa shape index (κ3) is 4.84. The van der Waals surface area contributed by atoms with Crippen molar-refractivity contribution >= 4 is 33.1 Å². The highest BCUT2D eigenvalue weighted by Gasteiger charge is 2.15. The molecule has 0 saturated carbocycles. The van der Waals surface area contributed by atoms with Gasteiger partial charge in [-0.05, 0) is 36.9 Å². The van der Waals surface area contributed by atoms with Crippen LogP contribution in [0.2, 0.25) is 0 Å². The maximum absolute atomic E-state index is 13.2. The Labute approximate surface area is 187 Å². The van der Waals surface area contributed by atoms with Gasteiger partial charge < -0.3 is 15.0 Å². The van der Waals surface area contributed by atoms with E-state index >= 15 is 0 Å². The van der Waals surface area contributed by atoms with Crippen molar-refractivity contribution in [1.82, 2.24) is 14.9 Å². The van der Waals surface area contributed by atoms with E-state index in [1.807, 2.05) is 5.38 Å². The molecule has 164 valence electrons. The van der Waals surface area contributed by atoms with Gasteiger partial charge >= 0.3 is 0 Å². The molecular formula is C23H21FN4O3S. The average molecular weight is 453 g/mol. The van der Waals surface area contributed by atoms with Gasteiger partial charge in [0.15, 0.2) is 0 Å². The molecule has 0 fully saturated rings. The number of hydrogen-bond donors (Lipinski definition) is 2. The van der Waals surface area contributed by atoms with E-state index in [0.717, 1.165) is 11.1 Å². The fourth-order valence-corrected chi connectivity index (χ4v) is 4.34. The van der Waals surface area contributed by atoms with E-state index in [9.17, 15) is 14.0 Å². The van der Waals surface area contributed by atoms with Gasteiger partial charge in [0.2, 0.25) is 5.91 Å². The molecule has 0 spiro atoms. The number of rotatable bonds is 7. The number of hydrogen-bond acceptors (Lipinski definition) is 6. The number of carbonyl (C=O) groups is 1. The van der Waals surface area contributed by atoms with Gasteiger partial charge in [-0.3, -0.25) is 14.5 Å². The smallest absolute Gasteiger partial charge is 0.260 e. The largest absolute Gasteiger partial charge is 0.497 e. The number of thiophene rings is 1. The van der Waals surface area contributed by atoms with Crippen LogP contribution in [-0.2, 0) is 11.3 Å². The van der Waals surface area contributed by atoms with E-state index in [1.165, 1.54) is 23.5 Å². The quantitative estimate of drug-likeness (QED) is 0.445. The third-order valence-corrected chi connectivity index (χ3v) is 5.71. The predicted octanol–water partition coefficient (Wildman–Crippen LogP) is 3.87. The Bertz CT molecular complexity index is 1320. The molecule has 0 radical (unpaired) electrons. The molecular weight excluding hydrogens is 431 g/mol. The van der Waals surface area contributed by atoms with Crippen molar-refractivity contribution in [2.45, 2.75) is 6.54 Å². The molecule has 0 aliphatic rings. The Hall–Kier alpha value is -3.56. The van der Waals surface area contributed by atoms with E-state index in [-0.39, 0.29) is 23.8 Å². The number of carbonyl (C=O) groups excluding carboxylic acids is 1. The first-order valence-corrected chi connectivity index (χ1v) is 10.7. The molecule has 1 amide bonds. The summed E-state index contributed by atoms with van der Waals surface area (Å²) in [6.45, 7) is 0.407. The number of H-pyrrole nitrogens is 1. The topological polar surface area (TPSA) is 87.3 Å². The lowest BCUT2D eigenvalue weighted by atomic mass is 10.1. The average Bonchev–Trinajstić information content (AvgIpc) is 3.18. The highest BCUT2D eigenvalue weighted by molar-refractivity contribution is 7.17. The number of methoxy groups -OCH3 is 1. The molecule has 4 aromatic rings. The van der Waals surface area contributed by atoms with Gasteiger partial charge in [0.25, 0.3) is 5.56 Å². The summed E-state index contributed by atoms with van der Waals surface area (Å²) >= 11 is 1.35. The van der Waals surface area contributed by atoms with Crippen molar-refractivity contribution in [1.29, 1.82) is 0 Å². The Balaban J connectivity index is 1.46. The minimum atomic E-state index is -0.332. The van der Waals surface area contributed by atoms with Gasteiger partial charge in [0.05, 0.1) is 25.6 Å². The van der Waals surface area contributed by atoms with Crippen LogP contribution in [0.25, 0.3) is 21.3 Å². The van der Waals surface area contributed by atoms with Gasteiger partial charge in [-0.15, -0.1) is 11.3 Å². The maximum Gasteiger partial charge on any atom is 0.260 e. The molecule has 0 saturated heterocycles. The van der Waals surface area contributed by atoms with Crippen LogP contribution in [-0.4, -0.2) is 41.5 Å². The maximum atomic E-state index is 13.2. The molecule has 0 atom stereocenters. The molecule has 0 aliphatic heterocycles. The van der Waals surface area contributed by atoms with Crippen LogP contribution in [0.4, 0.5) is 10.1 Å². The van der Waals surface area contributed by atoms with Crippen molar-refractivity contribution in [3.63, 3.8) is 0 Å². The summed E-state index contributed by atoms with van der Waals surface area (Å²) in [5, 5.41) is 5.14. The highest BCUT2D eigenvalue weighted by Crippen LogP contribution is 2.30. The van der Waals surface area contributed by atoms with Gasteiger partial charge in [-0.2, -0.15) is 0 Å². The zero-order chi connectivity index (χ0) is 22.7. The Kier molecular flexibility index (Phi) is 6.29. The summed E-state index contributed by atoms with van der Waals surface area (Å²) in [7, 11) is 3.34. The van der Waals surface area contributed by atoms with Crippen LogP contribution in [0.1, 0.15) is 5.82 Å². The van der Waals surface area contributed by atoms with Crippen molar-refractivity contribution in [2.24, 2.45) is 0 Å². The van der Waals surface area contributed by atoms with Crippen molar-refractivity contribution in [3.05, 3.63) is 75.9 Å². The van der Waals surface area contributed by atoms with E-state index in [2.05, 4.69) is 15.3 Å². The van der Waals surface area contributed by atoms with Crippen LogP contribution in [0.3, 0.4) is 0 Å². The van der Waals surface area contributed by atoms with Gasteiger partial charge in [-0.25, -0.2) is 9.37 Å². The number of nitrogens with one attached hydrogen (secondary N) is 2. The molecule has 7 nitrogen and oxygen atoms in total. The molecule has 9 heteroatoms. The van der Waals surface area contributed by atoms with E-state index in [0.29, 0.717) is 34.0 Å². The minimum absolute atomic E-state index is 0.115. The number of ether oxygens (including phenoxy) is 1. The summed E-state index contributed by atoms with van der Waals surface area (Å²) < 4.78 is 18.4. The van der Waals surface area contributed by atoms with Gasteiger partial charge in [-0.1, -0.05) is 18.2 Å². The minimum Gasteiger partial charge on any atom is -0.497 e. The number of aromatic nitrogens is 2. The molecule has 32 heavy (non-hydrogen) atoms. The first-order valence-electron chi connectivity index (χ1n) is 9.81. The van der Waals surface area contributed by atoms with Crippen molar-refractivity contribution in [2.75, 3.05) is 26.0 Å². The number of fused-ring (bicyclic) bond motifs is 1. The lowest BCUT2D eigenvalue weighted by molar-refractivity contribution is -0.117. The number of likely N-dealkylation sites (N-methyl/N-ethyl adjacent to an activating group) is 1. The Morgan fingerprint density at radius 3 is 2.78 bits per heavy atom.